The zero-order valence-corrected chi connectivity index (χ0v) is 16.3. The summed E-state index contributed by atoms with van der Waals surface area (Å²) in [5.41, 5.74) is 2.63. The van der Waals surface area contributed by atoms with Crippen LogP contribution in [0.4, 0.5) is 0 Å². The highest BCUT2D eigenvalue weighted by atomic mass is 35.5. The minimum absolute atomic E-state index is 0.274. The Labute approximate surface area is 173 Å². The molecule has 4 nitrogen and oxygen atoms in total. The van der Waals surface area contributed by atoms with Crippen LogP contribution in [0.15, 0.2) is 42.5 Å². The molecule has 2 aromatic rings. The first kappa shape index (κ1) is 17.4. The summed E-state index contributed by atoms with van der Waals surface area (Å²) >= 11 is 6.37. The number of aliphatic hydroxyl groups is 4. The lowest BCUT2D eigenvalue weighted by molar-refractivity contribution is -0.127. The van der Waals surface area contributed by atoms with Gasteiger partial charge < -0.3 is 20.4 Å². The molecule has 0 spiro atoms. The lowest BCUT2D eigenvalue weighted by Crippen LogP contribution is -2.51. The van der Waals surface area contributed by atoms with Crippen molar-refractivity contribution in [2.75, 3.05) is 6.61 Å². The predicted molar refractivity (Wildman–Crippen MR) is 109 cm³/mol. The van der Waals surface area contributed by atoms with Crippen molar-refractivity contribution in [3.63, 3.8) is 0 Å². The quantitative estimate of drug-likeness (QED) is 0.617. The first-order valence-corrected chi connectivity index (χ1v) is 10.2. The van der Waals surface area contributed by atoms with Crippen LogP contribution in [-0.4, -0.2) is 45.3 Å². The van der Waals surface area contributed by atoms with Crippen molar-refractivity contribution in [3.8, 4) is 0 Å². The van der Waals surface area contributed by atoms with Gasteiger partial charge in [0.25, 0.3) is 0 Å². The van der Waals surface area contributed by atoms with Gasteiger partial charge in [-0.25, -0.2) is 0 Å². The van der Waals surface area contributed by atoms with Crippen molar-refractivity contribution in [3.05, 3.63) is 69.7 Å². The van der Waals surface area contributed by atoms with Gasteiger partial charge in [0, 0.05) is 26.2 Å². The summed E-state index contributed by atoms with van der Waals surface area (Å²) in [5, 5.41) is 40.6. The molecule has 2 fully saturated rings. The van der Waals surface area contributed by atoms with Crippen LogP contribution < -0.4 is 0 Å². The second kappa shape index (κ2) is 8.13. The summed E-state index contributed by atoms with van der Waals surface area (Å²) in [6.07, 6.45) is -3.02. The van der Waals surface area contributed by atoms with Gasteiger partial charge in [-0.2, -0.15) is 0 Å². The van der Waals surface area contributed by atoms with Crippen molar-refractivity contribution in [2.45, 2.75) is 55.8 Å². The van der Waals surface area contributed by atoms with E-state index in [1.165, 1.54) is 18.4 Å². The summed E-state index contributed by atoms with van der Waals surface area (Å²) in [4.78, 5) is 0. The molecular weight excluding hydrogens is 376 g/mol. The number of rotatable bonds is 5. The minimum Gasteiger partial charge on any atom is -0.396 e. The van der Waals surface area contributed by atoms with E-state index >= 15 is 0 Å². The van der Waals surface area contributed by atoms with Crippen LogP contribution in [0.1, 0.15) is 56.1 Å². The van der Waals surface area contributed by atoms with E-state index in [1.807, 2.05) is 12.1 Å². The molecule has 4 N–H and O–H groups in total. The van der Waals surface area contributed by atoms with E-state index < -0.39 is 36.5 Å². The van der Waals surface area contributed by atoms with Gasteiger partial charge in [0.1, 0.15) is 6.10 Å². The summed E-state index contributed by atoms with van der Waals surface area (Å²) in [6.45, 7) is -0.309. The van der Waals surface area contributed by atoms with E-state index in [1.54, 1.807) is 30.3 Å². The van der Waals surface area contributed by atoms with E-state index in [0.29, 0.717) is 17.0 Å². The third kappa shape index (κ3) is 3.98. The molecule has 0 aliphatic heterocycles. The van der Waals surface area contributed by atoms with Crippen molar-refractivity contribution >= 4 is 11.6 Å². The van der Waals surface area contributed by atoms with Crippen LogP contribution in [-0.2, 0) is 6.37 Å². The Kier molecular flexibility index (Phi) is 5.06. The van der Waals surface area contributed by atoms with Gasteiger partial charge in [-0.3, -0.25) is 0 Å². The Morgan fingerprint density at radius 3 is 2.25 bits per heavy atom. The maximum Gasteiger partial charge on any atom is 0.107 e. The SMILES string of the molecule is [2H]C([2H])(c1ccc(C2CC2)cc1)c1cc([C@@H]2C[C@H](CO)[C@@H](O)[C@H](O)[C@H]2O)ccc1Cl. The molecule has 4 rings (SSSR count). The molecule has 2 aliphatic rings. The molecule has 150 valence electrons. The first-order valence-electron chi connectivity index (χ1n) is 10.8. The Morgan fingerprint density at radius 2 is 1.61 bits per heavy atom. The van der Waals surface area contributed by atoms with E-state index in [0.717, 1.165) is 0 Å². The molecule has 5 atom stereocenters. The third-order valence-electron chi connectivity index (χ3n) is 6.04. The maximum atomic E-state index is 10.5. The highest BCUT2D eigenvalue weighted by molar-refractivity contribution is 6.31. The standard InChI is InChI=1S/C23H27ClO4/c24-20-8-7-16(19-11-18(12-25)21(26)23(28)22(19)27)10-17(20)9-13-1-3-14(4-2-13)15-5-6-15/h1-4,7-8,10,15,18-19,21-23,25-28H,5-6,9,11-12H2/t18-,19+,21-,22+,23+/m1/s1/i9D2. The highest BCUT2D eigenvalue weighted by Gasteiger charge is 2.42. The van der Waals surface area contributed by atoms with Crippen LogP contribution in [0.25, 0.3) is 0 Å². The molecule has 0 heterocycles. The summed E-state index contributed by atoms with van der Waals surface area (Å²) in [6, 6.07) is 12.5. The zero-order valence-electron chi connectivity index (χ0n) is 17.5. The fraction of sp³-hybridized carbons (Fsp3) is 0.478. The third-order valence-corrected chi connectivity index (χ3v) is 6.37. The lowest BCUT2D eigenvalue weighted by Gasteiger charge is -2.40. The number of hydrogen-bond donors (Lipinski definition) is 4. The van der Waals surface area contributed by atoms with Crippen LogP contribution >= 0.6 is 11.6 Å². The first-order chi connectivity index (χ1) is 14.2. The topological polar surface area (TPSA) is 80.9 Å². The number of halogens is 1. The van der Waals surface area contributed by atoms with E-state index in [2.05, 4.69) is 0 Å². The molecule has 2 aromatic carbocycles. The predicted octanol–water partition coefficient (Wildman–Crippen LogP) is 2.99. The number of aliphatic hydroxyl groups excluding tert-OH is 4. The summed E-state index contributed by atoms with van der Waals surface area (Å²) in [7, 11) is 0. The molecule has 0 amide bonds. The van der Waals surface area contributed by atoms with Gasteiger partial charge in [-0.1, -0.05) is 48.0 Å². The van der Waals surface area contributed by atoms with Crippen molar-refractivity contribution in [1.29, 1.82) is 0 Å². The molecular formula is C23H27ClO4. The molecule has 28 heavy (non-hydrogen) atoms. The molecule has 2 saturated carbocycles. The van der Waals surface area contributed by atoms with Gasteiger partial charge in [0.2, 0.25) is 0 Å². The summed E-state index contributed by atoms with van der Waals surface area (Å²) < 4.78 is 17.5. The fourth-order valence-electron chi connectivity index (χ4n) is 4.12. The molecule has 5 heteroatoms. The van der Waals surface area contributed by atoms with Gasteiger partial charge in [0.05, 0.1) is 12.2 Å². The Hall–Kier alpha value is -1.43. The van der Waals surface area contributed by atoms with Gasteiger partial charge in [0.15, 0.2) is 0 Å². The van der Waals surface area contributed by atoms with Crippen LogP contribution in [0, 0.1) is 5.92 Å². The van der Waals surface area contributed by atoms with Crippen LogP contribution in [0.3, 0.4) is 0 Å². The molecule has 0 saturated heterocycles. The average Bonchev–Trinajstić information content (AvgIpc) is 3.58. The molecule has 0 bridgehead atoms. The van der Waals surface area contributed by atoms with E-state index in [-0.39, 0.29) is 23.6 Å². The highest BCUT2D eigenvalue weighted by Crippen LogP contribution is 2.40. The summed E-state index contributed by atoms with van der Waals surface area (Å²) in [5.74, 6) is -0.533. The van der Waals surface area contributed by atoms with Gasteiger partial charge >= 0.3 is 0 Å². The van der Waals surface area contributed by atoms with Crippen molar-refractivity contribution in [2.24, 2.45) is 5.92 Å². The largest absolute Gasteiger partial charge is 0.396 e. The monoisotopic (exact) mass is 404 g/mol. The average molecular weight is 405 g/mol. The molecule has 2 aliphatic carbocycles. The van der Waals surface area contributed by atoms with Crippen molar-refractivity contribution in [1.82, 2.24) is 0 Å². The number of benzene rings is 2. The molecule has 0 aromatic heterocycles. The van der Waals surface area contributed by atoms with E-state index in [9.17, 15) is 20.4 Å². The Balaban J connectivity index is 1.67. The van der Waals surface area contributed by atoms with Crippen LogP contribution in [0.2, 0.25) is 5.02 Å². The fourth-order valence-corrected chi connectivity index (χ4v) is 4.28. The zero-order chi connectivity index (χ0) is 21.6. The lowest BCUT2D eigenvalue weighted by atomic mass is 9.73. The second-order valence-electron chi connectivity index (χ2n) is 8.02. The van der Waals surface area contributed by atoms with Crippen molar-refractivity contribution < 1.29 is 23.2 Å². The Morgan fingerprint density at radius 1 is 0.929 bits per heavy atom. The van der Waals surface area contributed by atoms with E-state index in [4.69, 9.17) is 14.3 Å². The normalized spacial score (nSPS) is 32.0. The van der Waals surface area contributed by atoms with Gasteiger partial charge in [-0.15, -0.1) is 0 Å². The van der Waals surface area contributed by atoms with Crippen LogP contribution in [0.5, 0.6) is 0 Å². The smallest absolute Gasteiger partial charge is 0.107 e. The molecule has 0 unspecified atom stereocenters. The van der Waals surface area contributed by atoms with Gasteiger partial charge in [-0.05, 0) is 59.9 Å². The maximum absolute atomic E-state index is 10.5. The second-order valence-corrected chi connectivity index (χ2v) is 8.42. The molecule has 0 radical (unpaired) electrons. The minimum atomic E-state index is -1.84. The number of hydrogen-bond acceptors (Lipinski definition) is 4. The Bertz CT molecular complexity index is 899.